The summed E-state index contributed by atoms with van der Waals surface area (Å²) in [4.78, 5) is 3.27. The Morgan fingerprint density at radius 2 is 1.85 bits per heavy atom. The topological polar surface area (TPSA) is 15.8 Å². The van der Waals surface area contributed by atoms with Gasteiger partial charge in [-0.2, -0.15) is 0 Å². The minimum absolute atomic E-state index is 1.23. The Labute approximate surface area is 76.4 Å². The summed E-state index contributed by atoms with van der Waals surface area (Å²) in [6, 6.07) is 14.8. The van der Waals surface area contributed by atoms with Crippen LogP contribution in [0, 0.1) is 0 Å². The van der Waals surface area contributed by atoms with Crippen LogP contribution in [0.1, 0.15) is 0 Å². The normalized spacial score (nSPS) is 11.1. The lowest BCUT2D eigenvalue weighted by Gasteiger charge is -1.97. The lowest BCUT2D eigenvalue weighted by Crippen LogP contribution is -1.77. The van der Waals surface area contributed by atoms with Crippen molar-refractivity contribution >= 4 is 10.8 Å². The van der Waals surface area contributed by atoms with Crippen LogP contribution in [0.5, 0.6) is 0 Å². The van der Waals surface area contributed by atoms with Gasteiger partial charge in [-0.15, -0.1) is 0 Å². The summed E-state index contributed by atoms with van der Waals surface area (Å²) in [5.41, 5.74) is 2.52. The van der Waals surface area contributed by atoms with Gasteiger partial charge in [0.2, 0.25) is 0 Å². The first-order valence-corrected chi connectivity index (χ1v) is 4.40. The van der Waals surface area contributed by atoms with Crippen LogP contribution in [0.2, 0.25) is 0 Å². The average molecular weight is 167 g/mol. The molecule has 1 aromatic rings. The molecule has 2 aliphatic rings. The van der Waals surface area contributed by atoms with Crippen molar-refractivity contribution in [1.29, 1.82) is 0 Å². The fourth-order valence-electron chi connectivity index (χ4n) is 1.82. The summed E-state index contributed by atoms with van der Waals surface area (Å²) < 4.78 is 0. The van der Waals surface area contributed by atoms with Crippen LogP contribution in [0.25, 0.3) is 22.0 Å². The van der Waals surface area contributed by atoms with E-state index in [1.54, 1.807) is 0 Å². The number of aromatic amines is 1. The fraction of sp³-hybridized carbons (Fsp3) is 0. The molecule has 13 heavy (non-hydrogen) atoms. The van der Waals surface area contributed by atoms with Gasteiger partial charge in [-0.1, -0.05) is 30.3 Å². The van der Waals surface area contributed by atoms with Gasteiger partial charge >= 0.3 is 0 Å². The molecule has 0 radical (unpaired) electrons. The van der Waals surface area contributed by atoms with Gasteiger partial charge in [0.05, 0.1) is 5.69 Å². The molecule has 0 atom stereocenters. The SMILES string of the molecule is c1c[nH]c2c3ccccc3cc-2c1. The highest BCUT2D eigenvalue weighted by Crippen LogP contribution is 2.31. The summed E-state index contributed by atoms with van der Waals surface area (Å²) >= 11 is 0. The van der Waals surface area contributed by atoms with Gasteiger partial charge in [-0.3, -0.25) is 0 Å². The smallest absolute Gasteiger partial charge is 0.0533 e. The second kappa shape index (κ2) is 2.36. The molecule has 1 nitrogen and oxygen atoms in total. The lowest BCUT2D eigenvalue weighted by atomic mass is 10.2. The molecule has 62 valence electrons. The first-order chi connectivity index (χ1) is 6.45. The van der Waals surface area contributed by atoms with E-state index in [1.165, 1.54) is 22.0 Å². The highest BCUT2D eigenvalue weighted by atomic mass is 14.7. The molecule has 1 aliphatic heterocycles. The van der Waals surface area contributed by atoms with Crippen molar-refractivity contribution in [1.82, 2.24) is 4.98 Å². The molecule has 0 saturated carbocycles. The molecular weight excluding hydrogens is 158 g/mol. The molecule has 1 aliphatic carbocycles. The van der Waals surface area contributed by atoms with Crippen molar-refractivity contribution in [3.8, 4) is 11.3 Å². The van der Waals surface area contributed by atoms with Gasteiger partial charge in [-0.05, 0) is 23.1 Å². The predicted molar refractivity (Wildman–Crippen MR) is 54.9 cm³/mol. The van der Waals surface area contributed by atoms with Crippen molar-refractivity contribution in [2.75, 3.05) is 0 Å². The predicted octanol–water partition coefficient (Wildman–Crippen LogP) is 3.27. The third-order valence-electron chi connectivity index (χ3n) is 2.43. The molecule has 1 heterocycles. The van der Waals surface area contributed by atoms with E-state index in [9.17, 15) is 0 Å². The minimum atomic E-state index is 1.23. The molecule has 0 saturated heterocycles. The molecule has 0 aromatic heterocycles. The second-order valence-electron chi connectivity index (χ2n) is 3.23. The minimum Gasteiger partial charge on any atom is -0.361 e. The van der Waals surface area contributed by atoms with E-state index in [4.69, 9.17) is 0 Å². The van der Waals surface area contributed by atoms with E-state index in [1.807, 2.05) is 12.3 Å². The third kappa shape index (κ3) is 0.872. The number of H-pyrrole nitrogens is 1. The number of rotatable bonds is 0. The van der Waals surface area contributed by atoms with Crippen LogP contribution >= 0.6 is 0 Å². The Morgan fingerprint density at radius 3 is 2.85 bits per heavy atom. The first kappa shape index (κ1) is 6.72. The highest BCUT2D eigenvalue weighted by Gasteiger charge is 2.07. The lowest BCUT2D eigenvalue weighted by molar-refractivity contribution is 1.35. The monoisotopic (exact) mass is 167 g/mol. The summed E-state index contributed by atoms with van der Waals surface area (Å²) in [7, 11) is 0. The highest BCUT2D eigenvalue weighted by molar-refractivity contribution is 6.00. The van der Waals surface area contributed by atoms with Crippen LogP contribution in [0.15, 0.2) is 48.7 Å². The van der Waals surface area contributed by atoms with Gasteiger partial charge in [-0.25, -0.2) is 0 Å². The van der Waals surface area contributed by atoms with Gasteiger partial charge in [0.1, 0.15) is 0 Å². The van der Waals surface area contributed by atoms with E-state index in [-0.39, 0.29) is 0 Å². The van der Waals surface area contributed by atoms with Crippen molar-refractivity contribution in [3.63, 3.8) is 0 Å². The van der Waals surface area contributed by atoms with Gasteiger partial charge in [0.25, 0.3) is 0 Å². The molecule has 1 N–H and O–H groups in total. The summed E-state index contributed by atoms with van der Waals surface area (Å²) in [5.74, 6) is 0. The van der Waals surface area contributed by atoms with Gasteiger partial charge in [0.15, 0.2) is 0 Å². The van der Waals surface area contributed by atoms with Crippen LogP contribution in [-0.2, 0) is 0 Å². The number of benzene rings is 1. The Hall–Kier alpha value is -1.76. The van der Waals surface area contributed by atoms with Gasteiger partial charge < -0.3 is 4.98 Å². The summed E-state index contributed by atoms with van der Waals surface area (Å²) in [5, 5.41) is 2.61. The second-order valence-corrected chi connectivity index (χ2v) is 3.23. The third-order valence-corrected chi connectivity index (χ3v) is 2.43. The zero-order chi connectivity index (χ0) is 8.67. The fourth-order valence-corrected chi connectivity index (χ4v) is 1.82. The van der Waals surface area contributed by atoms with E-state index in [0.717, 1.165) is 0 Å². The number of hydrogen-bond donors (Lipinski definition) is 1. The number of nitrogens with one attached hydrogen (secondary N) is 1. The molecule has 1 aromatic carbocycles. The number of fused-ring (bicyclic) bond motifs is 3. The Morgan fingerprint density at radius 1 is 0.923 bits per heavy atom. The molecule has 0 amide bonds. The van der Waals surface area contributed by atoms with E-state index in [2.05, 4.69) is 41.4 Å². The Bertz CT molecular complexity index is 522. The zero-order valence-electron chi connectivity index (χ0n) is 7.12. The van der Waals surface area contributed by atoms with Crippen LogP contribution in [0.3, 0.4) is 0 Å². The Kier molecular flexibility index (Phi) is 1.22. The van der Waals surface area contributed by atoms with Crippen LogP contribution < -0.4 is 0 Å². The quantitative estimate of drug-likeness (QED) is 0.529. The molecule has 3 rings (SSSR count). The maximum Gasteiger partial charge on any atom is 0.0533 e. The van der Waals surface area contributed by atoms with Crippen molar-refractivity contribution < 1.29 is 0 Å². The maximum atomic E-state index is 3.27. The molecular formula is C12H9N. The van der Waals surface area contributed by atoms with Crippen molar-refractivity contribution in [2.45, 2.75) is 0 Å². The van der Waals surface area contributed by atoms with Crippen molar-refractivity contribution in [3.05, 3.63) is 48.7 Å². The molecule has 0 unspecified atom stereocenters. The van der Waals surface area contributed by atoms with Crippen molar-refractivity contribution in [2.24, 2.45) is 0 Å². The zero-order valence-corrected chi connectivity index (χ0v) is 7.12. The average Bonchev–Trinajstić information content (AvgIpc) is 2.56. The Balaban J connectivity index is 2.56. The maximum absolute atomic E-state index is 3.27. The molecule has 0 bridgehead atoms. The molecule has 1 heteroatoms. The summed E-state index contributed by atoms with van der Waals surface area (Å²) in [6.45, 7) is 0. The summed E-state index contributed by atoms with van der Waals surface area (Å²) in [6.07, 6.45) is 1.97. The molecule has 0 fully saturated rings. The number of aromatic nitrogens is 1. The van der Waals surface area contributed by atoms with Crippen LogP contribution in [-0.4, -0.2) is 4.98 Å². The van der Waals surface area contributed by atoms with E-state index >= 15 is 0 Å². The largest absolute Gasteiger partial charge is 0.361 e. The number of pyridine rings is 1. The standard InChI is InChI=1S/C12H9N/c1-2-6-11-9(4-1)8-10-5-3-7-13-12(10)11/h1-8,13H. The first-order valence-electron chi connectivity index (χ1n) is 4.40. The van der Waals surface area contributed by atoms with Gasteiger partial charge in [0, 0.05) is 11.6 Å². The van der Waals surface area contributed by atoms with Crippen LogP contribution in [0.4, 0.5) is 0 Å². The molecule has 0 spiro atoms. The van der Waals surface area contributed by atoms with E-state index in [0.29, 0.717) is 0 Å². The van der Waals surface area contributed by atoms with E-state index < -0.39 is 0 Å². The number of hydrogen-bond acceptors (Lipinski definition) is 0.